The van der Waals surface area contributed by atoms with Gasteiger partial charge in [-0.1, -0.05) is 41.9 Å². The van der Waals surface area contributed by atoms with Crippen LogP contribution in [-0.4, -0.2) is 11.9 Å². The molecule has 0 aliphatic carbocycles. The van der Waals surface area contributed by atoms with Gasteiger partial charge in [-0.2, -0.15) is 0 Å². The maximum atomic E-state index is 14.2. The van der Waals surface area contributed by atoms with Gasteiger partial charge >= 0.3 is 6.03 Å². The largest absolute Gasteiger partial charge is 0.327 e. The molecule has 2 aromatic rings. The van der Waals surface area contributed by atoms with Crippen molar-refractivity contribution in [2.75, 3.05) is 5.32 Å². The molecule has 25 heavy (non-hydrogen) atoms. The number of hydrogen-bond acceptors (Lipinski definition) is 2. The highest BCUT2D eigenvalue weighted by atomic mass is 35.5. The van der Waals surface area contributed by atoms with Crippen molar-refractivity contribution in [2.24, 2.45) is 0 Å². The lowest BCUT2D eigenvalue weighted by molar-refractivity contribution is -0.113. The number of carbonyl (C=O) groups excluding carboxylic acids is 2. The van der Waals surface area contributed by atoms with Gasteiger partial charge in [0.15, 0.2) is 0 Å². The molecule has 3 rings (SSSR count). The average molecular weight is 360 g/mol. The highest BCUT2D eigenvalue weighted by Gasteiger charge is 2.32. The Labute approximate surface area is 148 Å². The van der Waals surface area contributed by atoms with Gasteiger partial charge in [-0.3, -0.25) is 4.79 Å². The summed E-state index contributed by atoms with van der Waals surface area (Å²) in [5.74, 6) is -0.989. The molecule has 128 valence electrons. The zero-order chi connectivity index (χ0) is 18.0. The number of anilines is 1. The Morgan fingerprint density at radius 2 is 1.84 bits per heavy atom. The first-order chi connectivity index (χ1) is 12.0. The number of urea groups is 1. The maximum Gasteiger partial charge on any atom is 0.319 e. The molecule has 1 atom stereocenters. The second-order valence-electron chi connectivity index (χ2n) is 5.53. The van der Waals surface area contributed by atoms with E-state index < -0.39 is 23.8 Å². The number of hydrogen-bond donors (Lipinski definition) is 3. The number of amides is 3. The van der Waals surface area contributed by atoms with E-state index in [9.17, 15) is 14.0 Å². The number of nitrogens with one attached hydrogen (secondary N) is 3. The van der Waals surface area contributed by atoms with E-state index in [0.29, 0.717) is 16.4 Å². The summed E-state index contributed by atoms with van der Waals surface area (Å²) in [5, 5.41) is 8.22. The van der Waals surface area contributed by atoms with Crippen molar-refractivity contribution >= 4 is 29.2 Å². The van der Waals surface area contributed by atoms with Crippen molar-refractivity contribution in [2.45, 2.75) is 13.0 Å². The summed E-state index contributed by atoms with van der Waals surface area (Å²) in [4.78, 5) is 24.6. The summed E-state index contributed by atoms with van der Waals surface area (Å²) in [6.07, 6.45) is 0. The van der Waals surface area contributed by atoms with E-state index in [0.717, 1.165) is 0 Å². The van der Waals surface area contributed by atoms with Crippen LogP contribution >= 0.6 is 11.6 Å². The molecule has 0 radical (unpaired) electrons. The van der Waals surface area contributed by atoms with Gasteiger partial charge < -0.3 is 16.0 Å². The fourth-order valence-electron chi connectivity index (χ4n) is 2.69. The van der Waals surface area contributed by atoms with Crippen LogP contribution in [0.5, 0.6) is 0 Å². The summed E-state index contributed by atoms with van der Waals surface area (Å²) in [7, 11) is 0. The van der Waals surface area contributed by atoms with Crippen molar-refractivity contribution in [3.05, 3.63) is 76.2 Å². The van der Waals surface area contributed by atoms with Gasteiger partial charge in [-0.15, -0.1) is 0 Å². The summed E-state index contributed by atoms with van der Waals surface area (Å²) in [6, 6.07) is 11.4. The second kappa shape index (κ2) is 6.94. The Kier molecular flexibility index (Phi) is 4.72. The molecule has 1 unspecified atom stereocenters. The van der Waals surface area contributed by atoms with Crippen molar-refractivity contribution < 1.29 is 14.0 Å². The molecular formula is C18H15ClFN3O2. The highest BCUT2D eigenvalue weighted by molar-refractivity contribution is 6.33. The van der Waals surface area contributed by atoms with Crippen molar-refractivity contribution in [3.8, 4) is 0 Å². The Morgan fingerprint density at radius 3 is 2.56 bits per heavy atom. The first-order valence-corrected chi connectivity index (χ1v) is 7.93. The summed E-state index contributed by atoms with van der Waals surface area (Å²) in [5.41, 5.74) is 1.20. The smallest absolute Gasteiger partial charge is 0.319 e. The van der Waals surface area contributed by atoms with E-state index in [1.807, 2.05) is 0 Å². The van der Waals surface area contributed by atoms with Crippen LogP contribution in [0.2, 0.25) is 5.02 Å². The first-order valence-electron chi connectivity index (χ1n) is 7.56. The molecular weight excluding hydrogens is 345 g/mol. The van der Waals surface area contributed by atoms with E-state index in [4.69, 9.17) is 11.6 Å². The number of carbonyl (C=O) groups is 2. The second-order valence-corrected chi connectivity index (χ2v) is 5.93. The monoisotopic (exact) mass is 359 g/mol. The quantitative estimate of drug-likeness (QED) is 0.781. The van der Waals surface area contributed by atoms with Gasteiger partial charge in [0.2, 0.25) is 0 Å². The minimum atomic E-state index is -0.905. The van der Waals surface area contributed by atoms with E-state index in [-0.39, 0.29) is 11.1 Å². The molecule has 3 amide bonds. The molecule has 0 bridgehead atoms. The molecule has 2 aromatic carbocycles. The van der Waals surface area contributed by atoms with Crippen LogP contribution in [-0.2, 0) is 4.79 Å². The SMILES string of the molecule is CC1=C(C(=O)Nc2ccccc2Cl)C(c2ccccc2F)NC(=O)N1. The fraction of sp³-hybridized carbons (Fsp3) is 0.111. The molecule has 1 heterocycles. The van der Waals surface area contributed by atoms with E-state index in [1.165, 1.54) is 12.1 Å². The van der Waals surface area contributed by atoms with Crippen LogP contribution in [0.25, 0.3) is 0 Å². The normalized spacial score (nSPS) is 16.9. The van der Waals surface area contributed by atoms with Gasteiger partial charge in [-0.05, 0) is 25.1 Å². The molecule has 0 saturated heterocycles. The Hall–Kier alpha value is -2.86. The summed E-state index contributed by atoms with van der Waals surface area (Å²) >= 11 is 6.07. The minimum absolute atomic E-state index is 0.209. The van der Waals surface area contributed by atoms with Crippen LogP contribution in [0.1, 0.15) is 18.5 Å². The maximum absolute atomic E-state index is 14.2. The lowest BCUT2D eigenvalue weighted by Gasteiger charge is -2.29. The van der Waals surface area contributed by atoms with Crippen LogP contribution in [0.4, 0.5) is 14.9 Å². The number of allylic oxidation sites excluding steroid dienone is 1. The zero-order valence-corrected chi connectivity index (χ0v) is 14.0. The molecule has 5 nitrogen and oxygen atoms in total. The Morgan fingerprint density at radius 1 is 1.16 bits per heavy atom. The topological polar surface area (TPSA) is 70.2 Å². The van der Waals surface area contributed by atoms with Gasteiger partial charge in [0.05, 0.1) is 22.3 Å². The Bertz CT molecular complexity index is 882. The summed E-state index contributed by atoms with van der Waals surface area (Å²) in [6.45, 7) is 1.59. The molecule has 0 aromatic heterocycles. The average Bonchev–Trinajstić information content (AvgIpc) is 2.56. The first kappa shape index (κ1) is 17.0. The fourth-order valence-corrected chi connectivity index (χ4v) is 2.87. The molecule has 7 heteroatoms. The van der Waals surface area contributed by atoms with Crippen LogP contribution < -0.4 is 16.0 Å². The molecule has 1 aliphatic rings. The van der Waals surface area contributed by atoms with E-state index in [2.05, 4.69) is 16.0 Å². The van der Waals surface area contributed by atoms with Crippen LogP contribution in [0.15, 0.2) is 59.8 Å². The molecule has 3 N–H and O–H groups in total. The van der Waals surface area contributed by atoms with E-state index in [1.54, 1.807) is 43.3 Å². The number of benzene rings is 2. The minimum Gasteiger partial charge on any atom is -0.327 e. The predicted octanol–water partition coefficient (Wildman–Crippen LogP) is 3.75. The number of rotatable bonds is 3. The number of para-hydroxylation sites is 1. The van der Waals surface area contributed by atoms with E-state index >= 15 is 0 Å². The molecule has 0 saturated carbocycles. The van der Waals surface area contributed by atoms with Crippen molar-refractivity contribution in [1.82, 2.24) is 10.6 Å². The van der Waals surface area contributed by atoms with Gasteiger partial charge in [0, 0.05) is 11.3 Å². The third-order valence-corrected chi connectivity index (χ3v) is 4.18. The highest BCUT2D eigenvalue weighted by Crippen LogP contribution is 2.30. The molecule has 0 spiro atoms. The van der Waals surface area contributed by atoms with Gasteiger partial charge in [0.25, 0.3) is 5.91 Å². The summed E-state index contributed by atoms with van der Waals surface area (Å²) < 4.78 is 14.2. The van der Waals surface area contributed by atoms with Gasteiger partial charge in [0.1, 0.15) is 5.82 Å². The van der Waals surface area contributed by atoms with Crippen molar-refractivity contribution in [3.63, 3.8) is 0 Å². The Balaban J connectivity index is 1.99. The zero-order valence-electron chi connectivity index (χ0n) is 13.3. The van der Waals surface area contributed by atoms with Crippen LogP contribution in [0.3, 0.4) is 0 Å². The lowest BCUT2D eigenvalue weighted by Crippen LogP contribution is -2.46. The third kappa shape index (κ3) is 3.49. The third-order valence-electron chi connectivity index (χ3n) is 3.85. The van der Waals surface area contributed by atoms with Crippen LogP contribution in [0, 0.1) is 5.82 Å². The lowest BCUT2D eigenvalue weighted by atomic mass is 9.94. The van der Waals surface area contributed by atoms with Crippen molar-refractivity contribution in [1.29, 1.82) is 0 Å². The number of halogens is 2. The molecule has 0 fully saturated rings. The molecule has 1 aliphatic heterocycles. The van der Waals surface area contributed by atoms with Gasteiger partial charge in [-0.25, -0.2) is 9.18 Å². The predicted molar refractivity (Wildman–Crippen MR) is 93.6 cm³/mol. The standard InChI is InChI=1S/C18H15ClFN3O2/c1-10-15(17(24)22-14-9-5-3-7-12(14)19)16(23-18(25)21-10)11-6-2-4-8-13(11)20/h2-9,16H,1H3,(H,22,24)(H2,21,23,25).